The molecule has 2 rings (SSSR count). The van der Waals surface area contributed by atoms with E-state index in [0.717, 1.165) is 10.9 Å². The Morgan fingerprint density at radius 3 is 2.71 bits per heavy atom. The lowest BCUT2D eigenvalue weighted by atomic mass is 10.0. The number of fused-ring (bicyclic) bond motifs is 1. The van der Waals surface area contributed by atoms with Crippen LogP contribution in [0.4, 0.5) is 0 Å². The van der Waals surface area contributed by atoms with Crippen molar-refractivity contribution in [1.82, 2.24) is 4.57 Å². The molecule has 6 heteroatoms. The Balaban J connectivity index is 2.39. The predicted molar refractivity (Wildman–Crippen MR) is 91.6 cm³/mol. The number of carbonyl (C=O) groups excluding carboxylic acids is 2. The number of nitrogens with two attached hydrogens (primary N) is 1. The third-order valence-electron chi connectivity index (χ3n) is 3.62. The van der Waals surface area contributed by atoms with Gasteiger partial charge in [0, 0.05) is 18.5 Å². The molecule has 0 amide bonds. The molecule has 2 aromatic rings. The molecule has 0 saturated heterocycles. The molecule has 128 valence electrons. The number of carbonyl (C=O) groups is 2. The van der Waals surface area contributed by atoms with Crippen LogP contribution in [-0.4, -0.2) is 28.7 Å². The highest BCUT2D eigenvalue weighted by Crippen LogP contribution is 2.29. The first-order valence-corrected chi connectivity index (χ1v) is 7.77. The van der Waals surface area contributed by atoms with Crippen LogP contribution in [-0.2, 0) is 20.9 Å². The summed E-state index contributed by atoms with van der Waals surface area (Å²) in [6.07, 6.45) is 3.75. The van der Waals surface area contributed by atoms with Crippen molar-refractivity contribution in [2.75, 3.05) is 6.61 Å². The number of benzene rings is 1. The first-order valence-electron chi connectivity index (χ1n) is 7.77. The number of rotatable bonds is 7. The number of esters is 2. The molecule has 1 unspecified atom stereocenters. The van der Waals surface area contributed by atoms with E-state index in [9.17, 15) is 9.59 Å². The third kappa shape index (κ3) is 3.65. The lowest BCUT2D eigenvalue weighted by Crippen LogP contribution is -2.50. The average molecular weight is 330 g/mol. The fourth-order valence-electron chi connectivity index (χ4n) is 2.40. The van der Waals surface area contributed by atoms with E-state index in [0.29, 0.717) is 18.8 Å². The molecule has 0 aliphatic carbocycles. The lowest BCUT2D eigenvalue weighted by molar-refractivity contribution is -0.148. The van der Waals surface area contributed by atoms with E-state index >= 15 is 0 Å². The van der Waals surface area contributed by atoms with E-state index in [1.165, 1.54) is 13.0 Å². The average Bonchev–Trinajstić information content (AvgIpc) is 2.89. The highest BCUT2D eigenvalue weighted by Gasteiger charge is 2.33. The molecule has 1 aromatic carbocycles. The summed E-state index contributed by atoms with van der Waals surface area (Å²) in [4.78, 5) is 23.6. The smallest absolute Gasteiger partial charge is 0.332 e. The van der Waals surface area contributed by atoms with Gasteiger partial charge in [0.15, 0.2) is 11.3 Å². The Kier molecular flexibility index (Phi) is 5.41. The van der Waals surface area contributed by atoms with Crippen LogP contribution in [0.25, 0.3) is 10.9 Å². The Morgan fingerprint density at radius 1 is 1.38 bits per heavy atom. The standard InChI is InChI=1S/C18H22N2O4/c1-4-10-23-17(22)18(19,5-2)12-20-11-16(24-13(3)21)14-8-6-7-9-15(14)20/h5-9,11H,2,4,10,12,19H2,1,3H3. The van der Waals surface area contributed by atoms with E-state index in [1.807, 2.05) is 31.2 Å². The number of nitrogens with zero attached hydrogens (tertiary/aromatic N) is 1. The van der Waals surface area contributed by atoms with Gasteiger partial charge in [-0.15, -0.1) is 6.58 Å². The Hall–Kier alpha value is -2.60. The quantitative estimate of drug-likeness (QED) is 0.622. The molecular weight excluding hydrogens is 308 g/mol. The lowest BCUT2D eigenvalue weighted by Gasteiger charge is -2.24. The second kappa shape index (κ2) is 7.31. The fraction of sp³-hybridized carbons (Fsp3) is 0.333. The summed E-state index contributed by atoms with van der Waals surface area (Å²) in [5.74, 6) is -0.527. The number of aromatic nitrogens is 1. The van der Waals surface area contributed by atoms with Crippen LogP contribution >= 0.6 is 0 Å². The molecule has 0 saturated carbocycles. The summed E-state index contributed by atoms with van der Waals surface area (Å²) in [6, 6.07) is 7.41. The van der Waals surface area contributed by atoms with Gasteiger partial charge in [0.25, 0.3) is 0 Å². The molecule has 2 N–H and O–H groups in total. The van der Waals surface area contributed by atoms with E-state index in [2.05, 4.69) is 6.58 Å². The van der Waals surface area contributed by atoms with E-state index < -0.39 is 17.5 Å². The maximum absolute atomic E-state index is 12.3. The van der Waals surface area contributed by atoms with Crippen molar-refractivity contribution in [3.05, 3.63) is 43.1 Å². The SMILES string of the molecule is C=CC(N)(Cn1cc(OC(C)=O)c2ccccc21)C(=O)OCCC. The third-order valence-corrected chi connectivity index (χ3v) is 3.62. The summed E-state index contributed by atoms with van der Waals surface area (Å²) in [5.41, 5.74) is 5.62. The second-order valence-corrected chi connectivity index (χ2v) is 5.61. The van der Waals surface area contributed by atoms with Gasteiger partial charge in [-0.25, -0.2) is 4.79 Å². The van der Waals surface area contributed by atoms with Gasteiger partial charge in [0.1, 0.15) is 0 Å². The molecule has 0 radical (unpaired) electrons. The molecule has 6 nitrogen and oxygen atoms in total. The van der Waals surface area contributed by atoms with Gasteiger partial charge in [-0.05, 0) is 18.6 Å². The summed E-state index contributed by atoms with van der Waals surface area (Å²) >= 11 is 0. The van der Waals surface area contributed by atoms with Crippen LogP contribution in [0.15, 0.2) is 43.1 Å². The molecule has 24 heavy (non-hydrogen) atoms. The zero-order chi connectivity index (χ0) is 17.7. The molecule has 0 fully saturated rings. The Morgan fingerprint density at radius 2 is 2.08 bits per heavy atom. The van der Waals surface area contributed by atoms with Crippen LogP contribution in [0.1, 0.15) is 20.3 Å². The van der Waals surface area contributed by atoms with Crippen LogP contribution in [0.3, 0.4) is 0 Å². The van der Waals surface area contributed by atoms with Crippen molar-refractivity contribution < 1.29 is 19.1 Å². The van der Waals surface area contributed by atoms with Crippen LogP contribution in [0, 0.1) is 0 Å². The van der Waals surface area contributed by atoms with Gasteiger partial charge in [0.05, 0.1) is 18.7 Å². The topological polar surface area (TPSA) is 83.5 Å². The Bertz CT molecular complexity index is 765. The monoisotopic (exact) mass is 330 g/mol. The second-order valence-electron chi connectivity index (χ2n) is 5.61. The van der Waals surface area contributed by atoms with E-state index in [1.54, 1.807) is 10.8 Å². The van der Waals surface area contributed by atoms with Gasteiger partial charge in [-0.1, -0.05) is 25.1 Å². The largest absolute Gasteiger partial charge is 0.464 e. The van der Waals surface area contributed by atoms with Crippen LogP contribution in [0.2, 0.25) is 0 Å². The van der Waals surface area contributed by atoms with Crippen molar-refractivity contribution >= 4 is 22.8 Å². The van der Waals surface area contributed by atoms with Gasteiger partial charge < -0.3 is 19.8 Å². The normalized spacial score (nSPS) is 13.3. The maximum atomic E-state index is 12.3. The van der Waals surface area contributed by atoms with Gasteiger partial charge in [0.2, 0.25) is 0 Å². The number of ether oxygens (including phenoxy) is 2. The number of para-hydroxylation sites is 1. The van der Waals surface area contributed by atoms with Crippen molar-refractivity contribution in [3.8, 4) is 5.75 Å². The zero-order valence-electron chi connectivity index (χ0n) is 14.0. The molecule has 1 heterocycles. The van der Waals surface area contributed by atoms with E-state index in [4.69, 9.17) is 15.2 Å². The van der Waals surface area contributed by atoms with Gasteiger partial charge >= 0.3 is 11.9 Å². The molecular formula is C18H22N2O4. The van der Waals surface area contributed by atoms with Crippen molar-refractivity contribution in [2.24, 2.45) is 5.73 Å². The zero-order valence-corrected chi connectivity index (χ0v) is 14.0. The predicted octanol–water partition coefficient (Wildman–Crippen LogP) is 2.40. The van der Waals surface area contributed by atoms with Crippen LogP contribution in [0.5, 0.6) is 5.75 Å². The summed E-state index contributed by atoms with van der Waals surface area (Å²) in [5, 5.41) is 0.765. The molecule has 0 aliphatic heterocycles. The molecule has 0 aliphatic rings. The van der Waals surface area contributed by atoms with E-state index in [-0.39, 0.29) is 6.54 Å². The minimum atomic E-state index is -1.37. The fourth-order valence-corrected chi connectivity index (χ4v) is 2.40. The molecule has 0 spiro atoms. The molecule has 1 aromatic heterocycles. The first kappa shape index (κ1) is 17.7. The summed E-state index contributed by atoms with van der Waals surface area (Å²) < 4.78 is 12.2. The molecule has 1 atom stereocenters. The number of hydrogen-bond donors (Lipinski definition) is 1. The highest BCUT2D eigenvalue weighted by atomic mass is 16.5. The molecule has 0 bridgehead atoms. The number of hydrogen-bond acceptors (Lipinski definition) is 5. The van der Waals surface area contributed by atoms with Crippen molar-refractivity contribution in [1.29, 1.82) is 0 Å². The minimum Gasteiger partial charge on any atom is -0.464 e. The highest BCUT2D eigenvalue weighted by molar-refractivity contribution is 5.90. The summed E-state index contributed by atoms with van der Waals surface area (Å²) in [6.45, 7) is 7.34. The van der Waals surface area contributed by atoms with Crippen LogP contribution < -0.4 is 10.5 Å². The van der Waals surface area contributed by atoms with Gasteiger partial charge in [-0.3, -0.25) is 4.79 Å². The van der Waals surface area contributed by atoms with Crippen molar-refractivity contribution in [3.63, 3.8) is 0 Å². The Labute approximate surface area is 140 Å². The van der Waals surface area contributed by atoms with Gasteiger partial charge in [-0.2, -0.15) is 0 Å². The first-order chi connectivity index (χ1) is 11.4. The van der Waals surface area contributed by atoms with Crippen molar-refractivity contribution in [2.45, 2.75) is 32.4 Å². The summed E-state index contributed by atoms with van der Waals surface area (Å²) in [7, 11) is 0. The minimum absolute atomic E-state index is 0.126. The maximum Gasteiger partial charge on any atom is 0.332 e.